The predicted octanol–water partition coefficient (Wildman–Crippen LogP) is 2.92. The van der Waals surface area contributed by atoms with Crippen LogP contribution in [0.15, 0.2) is 42.6 Å². The first-order valence-electron chi connectivity index (χ1n) is 9.46. The first-order chi connectivity index (χ1) is 12.7. The zero-order valence-electron chi connectivity index (χ0n) is 15.3. The summed E-state index contributed by atoms with van der Waals surface area (Å²) in [6.07, 6.45) is 5.01. The fraction of sp³-hybridized carbons (Fsp3) is 0.429. The molecule has 0 radical (unpaired) electrons. The Morgan fingerprint density at radius 3 is 3.04 bits per heavy atom. The Morgan fingerprint density at radius 2 is 2.19 bits per heavy atom. The molecule has 0 saturated carbocycles. The number of benzene rings is 1. The highest BCUT2D eigenvalue weighted by Gasteiger charge is 2.28. The lowest BCUT2D eigenvalue weighted by Crippen LogP contribution is -2.27. The fourth-order valence-corrected chi connectivity index (χ4v) is 4.05. The molecule has 2 aliphatic heterocycles. The van der Waals surface area contributed by atoms with Crippen molar-refractivity contribution in [2.45, 2.75) is 25.8 Å². The standard InChI is InChI=1S/C21H26N4O/c1-24-11-4-5-17-13-16(7-8-19(17)24)14-25-12-9-18(15-25)21(26)23-20-6-2-3-10-22-20/h2-3,6-8,10,13,18H,4-5,9,11-12,14-15H2,1H3,(H,22,23,26)/t18-/m0/s1. The Kier molecular flexibility index (Phi) is 4.89. The van der Waals surface area contributed by atoms with Crippen molar-refractivity contribution in [3.05, 3.63) is 53.7 Å². The summed E-state index contributed by atoms with van der Waals surface area (Å²) in [6.45, 7) is 3.85. The number of hydrogen-bond acceptors (Lipinski definition) is 4. The summed E-state index contributed by atoms with van der Waals surface area (Å²) in [5, 5.41) is 2.93. The monoisotopic (exact) mass is 350 g/mol. The molecule has 5 heteroatoms. The van der Waals surface area contributed by atoms with E-state index in [0.29, 0.717) is 5.82 Å². The van der Waals surface area contributed by atoms with Crippen molar-refractivity contribution in [2.75, 3.05) is 36.9 Å². The van der Waals surface area contributed by atoms with E-state index in [0.717, 1.165) is 32.6 Å². The molecular formula is C21H26N4O. The van der Waals surface area contributed by atoms with E-state index < -0.39 is 0 Å². The third-order valence-electron chi connectivity index (χ3n) is 5.46. The van der Waals surface area contributed by atoms with Gasteiger partial charge in [-0.1, -0.05) is 18.2 Å². The van der Waals surface area contributed by atoms with Crippen molar-refractivity contribution in [3.8, 4) is 0 Å². The fourth-order valence-electron chi connectivity index (χ4n) is 4.05. The highest BCUT2D eigenvalue weighted by Crippen LogP contribution is 2.28. The van der Waals surface area contributed by atoms with Crippen molar-refractivity contribution in [3.63, 3.8) is 0 Å². The Hall–Kier alpha value is -2.40. The summed E-state index contributed by atoms with van der Waals surface area (Å²) in [5.74, 6) is 0.758. The molecule has 5 nitrogen and oxygen atoms in total. The third-order valence-corrected chi connectivity index (χ3v) is 5.46. The number of amides is 1. The lowest BCUT2D eigenvalue weighted by Gasteiger charge is -2.28. The van der Waals surface area contributed by atoms with Gasteiger partial charge in [0, 0.05) is 38.6 Å². The van der Waals surface area contributed by atoms with Crippen LogP contribution in [0.3, 0.4) is 0 Å². The summed E-state index contributed by atoms with van der Waals surface area (Å²) >= 11 is 0. The Bertz CT molecular complexity index is 777. The van der Waals surface area contributed by atoms with Gasteiger partial charge in [-0.15, -0.1) is 0 Å². The number of nitrogens with one attached hydrogen (secondary N) is 1. The maximum absolute atomic E-state index is 12.5. The van der Waals surface area contributed by atoms with Crippen LogP contribution in [0, 0.1) is 5.92 Å². The van der Waals surface area contributed by atoms with Gasteiger partial charge in [-0.25, -0.2) is 4.98 Å². The molecule has 1 saturated heterocycles. The molecule has 0 unspecified atom stereocenters. The number of aromatic nitrogens is 1. The van der Waals surface area contributed by atoms with Gasteiger partial charge in [0.1, 0.15) is 5.82 Å². The van der Waals surface area contributed by atoms with Crippen LogP contribution in [0.25, 0.3) is 0 Å². The molecule has 1 amide bonds. The van der Waals surface area contributed by atoms with Gasteiger partial charge in [0.25, 0.3) is 0 Å². The van der Waals surface area contributed by atoms with Crippen LogP contribution < -0.4 is 10.2 Å². The Morgan fingerprint density at radius 1 is 1.27 bits per heavy atom. The number of carbonyl (C=O) groups excluding carboxylic acids is 1. The van der Waals surface area contributed by atoms with Crippen molar-refractivity contribution < 1.29 is 4.79 Å². The number of pyridine rings is 1. The topological polar surface area (TPSA) is 48.5 Å². The second-order valence-corrected chi connectivity index (χ2v) is 7.41. The molecule has 2 aliphatic rings. The molecule has 1 atom stereocenters. The maximum atomic E-state index is 12.5. The van der Waals surface area contributed by atoms with Gasteiger partial charge >= 0.3 is 0 Å². The molecule has 4 rings (SSSR count). The van der Waals surface area contributed by atoms with E-state index in [9.17, 15) is 4.79 Å². The number of fused-ring (bicyclic) bond motifs is 1. The number of carbonyl (C=O) groups is 1. The van der Waals surface area contributed by atoms with Crippen molar-refractivity contribution >= 4 is 17.4 Å². The smallest absolute Gasteiger partial charge is 0.229 e. The van der Waals surface area contributed by atoms with Gasteiger partial charge < -0.3 is 10.2 Å². The van der Waals surface area contributed by atoms with Gasteiger partial charge in [0.05, 0.1) is 5.92 Å². The zero-order chi connectivity index (χ0) is 17.9. The minimum atomic E-state index is 0.0424. The van der Waals surface area contributed by atoms with E-state index in [4.69, 9.17) is 0 Å². The molecule has 3 heterocycles. The van der Waals surface area contributed by atoms with Gasteiger partial charge in [-0.05, 0) is 55.1 Å². The second kappa shape index (κ2) is 7.46. The largest absolute Gasteiger partial charge is 0.374 e. The third kappa shape index (κ3) is 3.73. The molecule has 1 N–H and O–H groups in total. The number of rotatable bonds is 4. The van der Waals surface area contributed by atoms with Crippen molar-refractivity contribution in [2.24, 2.45) is 5.92 Å². The molecule has 2 aromatic rings. The molecule has 0 bridgehead atoms. The molecule has 1 aromatic carbocycles. The molecule has 0 spiro atoms. The van der Waals surface area contributed by atoms with Crippen LogP contribution in [0.2, 0.25) is 0 Å². The van der Waals surface area contributed by atoms with Gasteiger partial charge in [-0.2, -0.15) is 0 Å². The van der Waals surface area contributed by atoms with E-state index >= 15 is 0 Å². The number of hydrogen-bond donors (Lipinski definition) is 1. The summed E-state index contributed by atoms with van der Waals surface area (Å²) in [4.78, 5) is 21.4. The highest BCUT2D eigenvalue weighted by molar-refractivity contribution is 5.92. The van der Waals surface area contributed by atoms with Crippen LogP contribution in [0.4, 0.5) is 11.5 Å². The Labute approximate surface area is 155 Å². The first kappa shape index (κ1) is 17.0. The quantitative estimate of drug-likeness (QED) is 0.921. The lowest BCUT2D eigenvalue weighted by molar-refractivity contribution is -0.119. The van der Waals surface area contributed by atoms with Crippen LogP contribution in [0.5, 0.6) is 0 Å². The maximum Gasteiger partial charge on any atom is 0.229 e. The minimum absolute atomic E-state index is 0.0424. The normalized spacial score (nSPS) is 20.0. The van der Waals surface area contributed by atoms with Crippen LogP contribution in [0.1, 0.15) is 24.0 Å². The van der Waals surface area contributed by atoms with Gasteiger partial charge in [-0.3, -0.25) is 9.69 Å². The summed E-state index contributed by atoms with van der Waals surface area (Å²) < 4.78 is 0. The number of likely N-dealkylation sites (tertiary alicyclic amines) is 1. The molecule has 136 valence electrons. The SMILES string of the molecule is CN1CCCc2cc(CN3CC[C@H](C(=O)Nc4ccccn4)C3)ccc21. The van der Waals surface area contributed by atoms with Gasteiger partial charge in [0.2, 0.25) is 5.91 Å². The van der Waals surface area contributed by atoms with E-state index in [2.05, 4.69) is 45.3 Å². The molecular weight excluding hydrogens is 324 g/mol. The highest BCUT2D eigenvalue weighted by atomic mass is 16.2. The summed E-state index contributed by atoms with van der Waals surface area (Å²) in [6, 6.07) is 12.4. The Balaban J connectivity index is 1.35. The zero-order valence-corrected chi connectivity index (χ0v) is 15.3. The van der Waals surface area contributed by atoms with Crippen molar-refractivity contribution in [1.82, 2.24) is 9.88 Å². The predicted molar refractivity (Wildman–Crippen MR) is 104 cm³/mol. The van der Waals surface area contributed by atoms with E-state index in [1.165, 1.54) is 29.7 Å². The number of aryl methyl sites for hydroxylation is 1. The van der Waals surface area contributed by atoms with E-state index in [1.54, 1.807) is 6.20 Å². The average molecular weight is 350 g/mol. The van der Waals surface area contributed by atoms with E-state index in [1.807, 2.05) is 18.2 Å². The lowest BCUT2D eigenvalue weighted by atomic mass is 9.99. The summed E-state index contributed by atoms with van der Waals surface area (Å²) in [7, 11) is 2.17. The molecule has 1 aromatic heterocycles. The number of nitrogens with zero attached hydrogens (tertiary/aromatic N) is 3. The van der Waals surface area contributed by atoms with Gasteiger partial charge in [0.15, 0.2) is 0 Å². The molecule has 1 fully saturated rings. The first-order valence-corrected chi connectivity index (χ1v) is 9.46. The van der Waals surface area contributed by atoms with Crippen LogP contribution in [-0.4, -0.2) is 42.5 Å². The number of anilines is 2. The van der Waals surface area contributed by atoms with Crippen LogP contribution >= 0.6 is 0 Å². The minimum Gasteiger partial charge on any atom is -0.374 e. The molecule has 26 heavy (non-hydrogen) atoms. The van der Waals surface area contributed by atoms with E-state index in [-0.39, 0.29) is 11.8 Å². The second-order valence-electron chi connectivity index (χ2n) is 7.41. The average Bonchev–Trinajstić information content (AvgIpc) is 3.11. The van der Waals surface area contributed by atoms with Crippen LogP contribution in [-0.2, 0) is 17.8 Å². The molecule has 0 aliphatic carbocycles. The summed E-state index contributed by atoms with van der Waals surface area (Å²) in [5.41, 5.74) is 4.18. The van der Waals surface area contributed by atoms with Crippen molar-refractivity contribution in [1.29, 1.82) is 0 Å².